The predicted molar refractivity (Wildman–Crippen MR) is 113 cm³/mol. The van der Waals surface area contributed by atoms with Gasteiger partial charge in [0.25, 0.3) is 0 Å². The lowest BCUT2D eigenvalue weighted by atomic mass is 10.0. The van der Waals surface area contributed by atoms with Gasteiger partial charge in [0.15, 0.2) is 0 Å². The minimum Gasteiger partial charge on any atom is -0.352 e. The third kappa shape index (κ3) is 5.17. The summed E-state index contributed by atoms with van der Waals surface area (Å²) in [7, 11) is 0. The third-order valence-electron chi connectivity index (χ3n) is 5.31. The number of amides is 1. The molecule has 1 aromatic carbocycles. The Morgan fingerprint density at radius 1 is 1.26 bits per heavy atom. The van der Waals surface area contributed by atoms with Crippen LogP contribution in [0.2, 0.25) is 0 Å². The van der Waals surface area contributed by atoms with E-state index < -0.39 is 0 Å². The smallest absolute Gasteiger partial charge is 0.225 e. The molecule has 2 heterocycles. The first-order valence-corrected chi connectivity index (χ1v) is 10.8. The quantitative estimate of drug-likeness (QED) is 0.774. The first-order valence-electron chi connectivity index (χ1n) is 10.0. The molecule has 27 heavy (non-hydrogen) atoms. The molecule has 1 aromatic heterocycles. The first-order chi connectivity index (χ1) is 13.0. The number of nitrogens with zero attached hydrogens (tertiary/aromatic N) is 2. The van der Waals surface area contributed by atoms with E-state index in [4.69, 9.17) is 4.98 Å². The third-order valence-corrected chi connectivity index (χ3v) is 6.28. The molecule has 1 unspecified atom stereocenters. The van der Waals surface area contributed by atoms with Gasteiger partial charge in [0.05, 0.1) is 17.1 Å². The Morgan fingerprint density at radius 2 is 2.00 bits per heavy atom. The van der Waals surface area contributed by atoms with E-state index in [2.05, 4.69) is 49.2 Å². The molecule has 5 heteroatoms. The molecule has 0 bridgehead atoms. The van der Waals surface area contributed by atoms with Crippen LogP contribution in [-0.4, -0.2) is 41.5 Å². The van der Waals surface area contributed by atoms with Crippen molar-refractivity contribution >= 4 is 17.2 Å². The van der Waals surface area contributed by atoms with Gasteiger partial charge in [-0.25, -0.2) is 4.98 Å². The molecule has 1 N–H and O–H groups in total. The second-order valence-electron chi connectivity index (χ2n) is 7.68. The van der Waals surface area contributed by atoms with Gasteiger partial charge in [-0.3, -0.25) is 4.79 Å². The average Bonchev–Trinajstić information content (AvgIpc) is 3.26. The molecule has 4 nitrogen and oxygen atoms in total. The number of carbonyl (C=O) groups is 1. The summed E-state index contributed by atoms with van der Waals surface area (Å²) in [5.41, 5.74) is 4.54. The molecule has 1 saturated heterocycles. The van der Waals surface area contributed by atoms with Gasteiger partial charge in [-0.15, -0.1) is 11.3 Å². The standard InChI is InChI=1S/C22H31N3OS/c1-5-18(14-25-10-6-7-11-25)24-21(26)13-20-22(23-17(4)27-20)19-12-15(2)8-9-16(19)3/h8-9,12,18H,5-7,10-11,13-14H2,1-4H3,(H,24,26). The highest BCUT2D eigenvalue weighted by Gasteiger charge is 2.20. The van der Waals surface area contributed by atoms with Crippen molar-refractivity contribution in [2.75, 3.05) is 19.6 Å². The number of benzene rings is 1. The number of nitrogens with one attached hydrogen (secondary N) is 1. The lowest BCUT2D eigenvalue weighted by molar-refractivity contribution is -0.121. The summed E-state index contributed by atoms with van der Waals surface area (Å²) in [4.78, 5) is 21.0. The van der Waals surface area contributed by atoms with E-state index in [1.165, 1.54) is 24.0 Å². The second kappa shape index (κ2) is 8.98. The van der Waals surface area contributed by atoms with E-state index in [9.17, 15) is 4.79 Å². The van der Waals surface area contributed by atoms with Crippen molar-refractivity contribution in [1.82, 2.24) is 15.2 Å². The highest BCUT2D eigenvalue weighted by Crippen LogP contribution is 2.31. The van der Waals surface area contributed by atoms with E-state index in [0.717, 1.165) is 47.2 Å². The molecule has 3 rings (SSSR count). The van der Waals surface area contributed by atoms with Crippen molar-refractivity contribution in [3.8, 4) is 11.3 Å². The molecule has 0 radical (unpaired) electrons. The maximum absolute atomic E-state index is 12.7. The van der Waals surface area contributed by atoms with Gasteiger partial charge in [0.2, 0.25) is 5.91 Å². The molecule has 1 atom stereocenters. The lowest BCUT2D eigenvalue weighted by Crippen LogP contribution is -2.43. The highest BCUT2D eigenvalue weighted by molar-refractivity contribution is 7.12. The van der Waals surface area contributed by atoms with Crippen molar-refractivity contribution in [3.63, 3.8) is 0 Å². The van der Waals surface area contributed by atoms with Gasteiger partial charge in [-0.1, -0.05) is 24.6 Å². The largest absolute Gasteiger partial charge is 0.352 e. The van der Waals surface area contributed by atoms with Gasteiger partial charge < -0.3 is 10.2 Å². The van der Waals surface area contributed by atoms with Crippen LogP contribution < -0.4 is 5.32 Å². The van der Waals surface area contributed by atoms with Crippen LogP contribution in [0.3, 0.4) is 0 Å². The molecule has 1 fully saturated rings. The van der Waals surface area contributed by atoms with E-state index >= 15 is 0 Å². The van der Waals surface area contributed by atoms with Crippen molar-refractivity contribution in [2.24, 2.45) is 0 Å². The Hall–Kier alpha value is -1.72. The minimum atomic E-state index is 0.108. The van der Waals surface area contributed by atoms with E-state index in [-0.39, 0.29) is 11.9 Å². The molecule has 1 amide bonds. The Bertz CT molecular complexity index is 793. The van der Waals surface area contributed by atoms with Crippen molar-refractivity contribution < 1.29 is 4.79 Å². The van der Waals surface area contributed by atoms with Crippen LogP contribution in [0, 0.1) is 20.8 Å². The highest BCUT2D eigenvalue weighted by atomic mass is 32.1. The van der Waals surface area contributed by atoms with Crippen molar-refractivity contribution in [1.29, 1.82) is 0 Å². The number of carbonyl (C=O) groups excluding carboxylic acids is 1. The van der Waals surface area contributed by atoms with Crippen LogP contribution in [-0.2, 0) is 11.2 Å². The van der Waals surface area contributed by atoms with E-state index in [0.29, 0.717) is 6.42 Å². The number of thiazole rings is 1. The van der Waals surface area contributed by atoms with E-state index in [1.54, 1.807) is 11.3 Å². The summed E-state index contributed by atoms with van der Waals surface area (Å²) in [6.07, 6.45) is 3.94. The van der Waals surface area contributed by atoms with Crippen LogP contribution in [0.1, 0.15) is 47.2 Å². The summed E-state index contributed by atoms with van der Waals surface area (Å²) in [5, 5.41) is 4.27. The van der Waals surface area contributed by atoms with E-state index in [1.807, 2.05) is 6.92 Å². The molecule has 146 valence electrons. The number of hydrogen-bond acceptors (Lipinski definition) is 4. The summed E-state index contributed by atoms with van der Waals surface area (Å²) >= 11 is 1.64. The fraction of sp³-hybridized carbons (Fsp3) is 0.545. The molecule has 0 aliphatic carbocycles. The van der Waals surface area contributed by atoms with Gasteiger partial charge in [0.1, 0.15) is 0 Å². The zero-order chi connectivity index (χ0) is 19.4. The van der Waals surface area contributed by atoms with Crippen LogP contribution in [0.25, 0.3) is 11.3 Å². The van der Waals surface area contributed by atoms with Crippen LogP contribution in [0.4, 0.5) is 0 Å². The molecule has 2 aromatic rings. The number of likely N-dealkylation sites (tertiary alicyclic amines) is 1. The molecule has 0 spiro atoms. The Labute approximate surface area is 167 Å². The normalized spacial score (nSPS) is 15.9. The maximum atomic E-state index is 12.7. The first kappa shape index (κ1) is 20.0. The van der Waals surface area contributed by atoms with Gasteiger partial charge in [-0.2, -0.15) is 0 Å². The average molecular weight is 386 g/mol. The molecule has 1 aliphatic rings. The maximum Gasteiger partial charge on any atom is 0.225 e. The Kier molecular flexibility index (Phi) is 6.66. The molecule has 0 saturated carbocycles. The Morgan fingerprint density at radius 3 is 2.70 bits per heavy atom. The number of rotatable bonds is 7. The summed E-state index contributed by atoms with van der Waals surface area (Å²) in [5.74, 6) is 0.108. The van der Waals surface area contributed by atoms with Gasteiger partial charge in [-0.05, 0) is 64.8 Å². The molecule has 1 aliphatic heterocycles. The zero-order valence-corrected chi connectivity index (χ0v) is 17.8. The van der Waals surface area contributed by atoms with Crippen LogP contribution >= 0.6 is 11.3 Å². The molecular weight excluding hydrogens is 354 g/mol. The predicted octanol–water partition coefficient (Wildman–Crippen LogP) is 4.27. The molecular formula is C22H31N3OS. The number of aryl methyl sites for hydroxylation is 3. The second-order valence-corrected chi connectivity index (χ2v) is 8.97. The van der Waals surface area contributed by atoms with Crippen molar-refractivity contribution in [2.45, 2.75) is 59.4 Å². The lowest BCUT2D eigenvalue weighted by Gasteiger charge is -2.23. The SMILES string of the molecule is CCC(CN1CCCC1)NC(=O)Cc1sc(C)nc1-c1cc(C)ccc1C. The topological polar surface area (TPSA) is 45.2 Å². The monoisotopic (exact) mass is 385 g/mol. The Balaban J connectivity index is 1.71. The summed E-state index contributed by atoms with van der Waals surface area (Å²) in [6.45, 7) is 11.7. The van der Waals surface area contributed by atoms with Gasteiger partial charge in [0, 0.05) is 23.0 Å². The van der Waals surface area contributed by atoms with Crippen LogP contribution in [0.15, 0.2) is 18.2 Å². The van der Waals surface area contributed by atoms with Gasteiger partial charge >= 0.3 is 0 Å². The summed E-state index contributed by atoms with van der Waals surface area (Å²) < 4.78 is 0. The fourth-order valence-electron chi connectivity index (χ4n) is 3.77. The fourth-order valence-corrected chi connectivity index (χ4v) is 4.72. The number of hydrogen-bond donors (Lipinski definition) is 1. The minimum absolute atomic E-state index is 0.108. The zero-order valence-electron chi connectivity index (χ0n) is 17.0. The number of aromatic nitrogens is 1. The summed E-state index contributed by atoms with van der Waals surface area (Å²) in [6, 6.07) is 6.66. The van der Waals surface area contributed by atoms with Crippen LogP contribution in [0.5, 0.6) is 0 Å². The van der Waals surface area contributed by atoms with Crippen molar-refractivity contribution in [3.05, 3.63) is 39.2 Å².